The van der Waals surface area contributed by atoms with Crippen LogP contribution in [0.25, 0.3) is 0 Å². The second-order valence-electron chi connectivity index (χ2n) is 4.03. The molecule has 2 aromatic carbocycles. The third-order valence-electron chi connectivity index (χ3n) is 2.67. The molecule has 0 amide bonds. The molecule has 0 aliphatic rings. The van der Waals surface area contributed by atoms with Gasteiger partial charge in [-0.25, -0.2) is 4.39 Å². The molecule has 0 saturated carbocycles. The summed E-state index contributed by atoms with van der Waals surface area (Å²) >= 11 is 2.08. The molecule has 2 rings (SSSR count). The number of rotatable bonds is 5. The van der Waals surface area contributed by atoms with E-state index in [1.54, 1.807) is 6.07 Å². The predicted octanol–water partition coefficient (Wildman–Crippen LogP) is 3.94. The Labute approximate surface area is 130 Å². The highest BCUT2D eigenvalue weighted by Crippen LogP contribution is 2.22. The summed E-state index contributed by atoms with van der Waals surface area (Å²) in [6, 6.07) is 14.1. The van der Waals surface area contributed by atoms with Gasteiger partial charge in [0.2, 0.25) is 0 Å². The molecule has 0 bridgehead atoms. The molecule has 0 atom stereocenters. The molecule has 3 nitrogen and oxygen atoms in total. The number of nitrogens with zero attached hydrogens (tertiary/aromatic N) is 1. The largest absolute Gasteiger partial charge is 0.478 e. The molecule has 0 spiro atoms. The summed E-state index contributed by atoms with van der Waals surface area (Å²) in [5.41, 5.74) is 1.81. The molecule has 0 aliphatic carbocycles. The number of ether oxygens (including phenoxy) is 1. The lowest BCUT2D eigenvalue weighted by Gasteiger charge is -2.12. The molecule has 0 saturated heterocycles. The molecule has 0 aliphatic heterocycles. The van der Waals surface area contributed by atoms with Crippen molar-refractivity contribution in [2.24, 2.45) is 0 Å². The van der Waals surface area contributed by atoms with Crippen LogP contribution in [0.4, 0.5) is 10.1 Å². The molecule has 0 fully saturated rings. The highest BCUT2D eigenvalue weighted by Gasteiger charge is 2.05. The quantitative estimate of drug-likeness (QED) is 0.797. The molecule has 1 N–H and O–H groups in total. The van der Waals surface area contributed by atoms with E-state index in [-0.39, 0.29) is 12.4 Å². The van der Waals surface area contributed by atoms with Crippen LogP contribution in [0.3, 0.4) is 0 Å². The van der Waals surface area contributed by atoms with Gasteiger partial charge in [-0.1, -0.05) is 18.2 Å². The van der Waals surface area contributed by atoms with Crippen LogP contribution in [0.5, 0.6) is 5.75 Å². The summed E-state index contributed by atoms with van der Waals surface area (Å²) in [4.78, 5) is 0. The Hall–Kier alpha value is -1.81. The van der Waals surface area contributed by atoms with Crippen LogP contribution in [0.1, 0.15) is 5.56 Å². The summed E-state index contributed by atoms with van der Waals surface area (Å²) in [6.45, 7) is 0.564. The zero-order valence-corrected chi connectivity index (χ0v) is 12.7. The van der Waals surface area contributed by atoms with Gasteiger partial charge < -0.3 is 10.1 Å². The number of nitriles is 1. The zero-order valence-electron chi connectivity index (χ0n) is 10.6. The molecule has 102 valence electrons. The minimum atomic E-state index is -0.252. The van der Waals surface area contributed by atoms with Gasteiger partial charge in [0.15, 0.2) is 6.61 Å². The van der Waals surface area contributed by atoms with Gasteiger partial charge in [0.25, 0.3) is 0 Å². The van der Waals surface area contributed by atoms with Crippen molar-refractivity contribution in [2.45, 2.75) is 6.54 Å². The molecule has 20 heavy (non-hydrogen) atoms. The third-order valence-corrected chi connectivity index (χ3v) is 3.56. The van der Waals surface area contributed by atoms with Crippen LogP contribution < -0.4 is 10.1 Å². The van der Waals surface area contributed by atoms with Crippen LogP contribution in [0.15, 0.2) is 42.5 Å². The van der Waals surface area contributed by atoms with Crippen LogP contribution in [-0.4, -0.2) is 6.61 Å². The zero-order chi connectivity index (χ0) is 14.4. The fourth-order valence-corrected chi connectivity index (χ4v) is 2.39. The molecule has 0 aromatic heterocycles. The van der Waals surface area contributed by atoms with Gasteiger partial charge >= 0.3 is 0 Å². The Morgan fingerprint density at radius 1 is 1.25 bits per heavy atom. The lowest BCUT2D eigenvalue weighted by molar-refractivity contribution is 0.364. The van der Waals surface area contributed by atoms with E-state index in [0.29, 0.717) is 12.3 Å². The van der Waals surface area contributed by atoms with E-state index < -0.39 is 0 Å². The average molecular weight is 382 g/mol. The SMILES string of the molecule is N#CCOc1ccccc1CNc1ccc(F)cc1I. The van der Waals surface area contributed by atoms with Crippen molar-refractivity contribution in [1.29, 1.82) is 5.26 Å². The van der Waals surface area contributed by atoms with Crippen LogP contribution in [0.2, 0.25) is 0 Å². The van der Waals surface area contributed by atoms with E-state index in [9.17, 15) is 4.39 Å². The van der Waals surface area contributed by atoms with Gasteiger partial charge in [0.1, 0.15) is 17.6 Å². The first-order valence-corrected chi connectivity index (χ1v) is 7.05. The van der Waals surface area contributed by atoms with Crippen LogP contribution >= 0.6 is 22.6 Å². The smallest absolute Gasteiger partial charge is 0.174 e. The normalized spacial score (nSPS) is 9.85. The van der Waals surface area contributed by atoms with E-state index >= 15 is 0 Å². The summed E-state index contributed by atoms with van der Waals surface area (Å²) in [7, 11) is 0. The third kappa shape index (κ3) is 3.84. The molecular weight excluding hydrogens is 370 g/mol. The van der Waals surface area contributed by atoms with Crippen molar-refractivity contribution in [1.82, 2.24) is 0 Å². The molecule has 0 unspecified atom stereocenters. The maximum atomic E-state index is 13.0. The number of hydrogen-bond donors (Lipinski definition) is 1. The number of halogens is 2. The lowest BCUT2D eigenvalue weighted by atomic mass is 10.2. The maximum absolute atomic E-state index is 13.0. The molecule has 0 radical (unpaired) electrons. The van der Waals surface area contributed by atoms with E-state index in [0.717, 1.165) is 14.8 Å². The summed E-state index contributed by atoms with van der Waals surface area (Å²) < 4.78 is 19.2. The molecule has 0 heterocycles. The summed E-state index contributed by atoms with van der Waals surface area (Å²) in [6.07, 6.45) is 0. The maximum Gasteiger partial charge on any atom is 0.174 e. The Morgan fingerprint density at radius 3 is 2.80 bits per heavy atom. The highest BCUT2D eigenvalue weighted by molar-refractivity contribution is 14.1. The fraction of sp³-hybridized carbons (Fsp3) is 0.133. The van der Waals surface area contributed by atoms with Crippen molar-refractivity contribution in [3.8, 4) is 11.8 Å². The molecule has 2 aromatic rings. The Balaban J connectivity index is 2.09. The Kier molecular flexibility index (Phi) is 5.18. The van der Waals surface area contributed by atoms with Gasteiger partial charge in [-0.3, -0.25) is 0 Å². The van der Waals surface area contributed by atoms with E-state index in [1.165, 1.54) is 12.1 Å². The van der Waals surface area contributed by atoms with Crippen molar-refractivity contribution < 1.29 is 9.13 Å². The Bertz CT molecular complexity index is 640. The first-order chi connectivity index (χ1) is 9.70. The van der Waals surface area contributed by atoms with Crippen molar-refractivity contribution in [3.05, 3.63) is 57.4 Å². The second-order valence-corrected chi connectivity index (χ2v) is 5.19. The number of benzene rings is 2. The molecule has 5 heteroatoms. The minimum Gasteiger partial charge on any atom is -0.478 e. The van der Waals surface area contributed by atoms with E-state index in [2.05, 4.69) is 27.9 Å². The van der Waals surface area contributed by atoms with Gasteiger partial charge in [0, 0.05) is 21.4 Å². The van der Waals surface area contributed by atoms with Gasteiger partial charge in [0.05, 0.1) is 0 Å². The average Bonchev–Trinajstić information content (AvgIpc) is 2.45. The number of para-hydroxylation sites is 1. The van der Waals surface area contributed by atoms with Gasteiger partial charge in [-0.05, 0) is 46.9 Å². The number of hydrogen-bond acceptors (Lipinski definition) is 3. The van der Waals surface area contributed by atoms with E-state index in [4.69, 9.17) is 10.00 Å². The lowest BCUT2D eigenvalue weighted by Crippen LogP contribution is -2.04. The predicted molar refractivity (Wildman–Crippen MR) is 84.0 cm³/mol. The summed E-state index contributed by atoms with van der Waals surface area (Å²) in [5, 5.41) is 11.8. The van der Waals surface area contributed by atoms with Crippen molar-refractivity contribution in [3.63, 3.8) is 0 Å². The number of nitrogens with one attached hydrogen (secondary N) is 1. The van der Waals surface area contributed by atoms with Crippen molar-refractivity contribution >= 4 is 28.3 Å². The number of anilines is 1. The van der Waals surface area contributed by atoms with Crippen molar-refractivity contribution in [2.75, 3.05) is 11.9 Å². The van der Waals surface area contributed by atoms with Crippen LogP contribution in [0, 0.1) is 20.7 Å². The molecular formula is C15H12FIN2O. The standard InChI is InChI=1S/C15H12FIN2O/c16-12-5-6-14(13(17)9-12)19-10-11-3-1-2-4-15(11)20-8-7-18/h1-6,9,19H,8,10H2. The minimum absolute atomic E-state index is 0.0189. The van der Waals surface area contributed by atoms with Gasteiger partial charge in [-0.15, -0.1) is 0 Å². The van der Waals surface area contributed by atoms with Crippen LogP contribution in [-0.2, 0) is 6.54 Å². The monoisotopic (exact) mass is 382 g/mol. The topological polar surface area (TPSA) is 45.0 Å². The Morgan fingerprint density at radius 2 is 2.05 bits per heavy atom. The fourth-order valence-electron chi connectivity index (χ4n) is 1.72. The summed E-state index contributed by atoms with van der Waals surface area (Å²) in [5.74, 6) is 0.427. The first kappa shape index (κ1) is 14.6. The second kappa shape index (κ2) is 7.10. The van der Waals surface area contributed by atoms with E-state index in [1.807, 2.05) is 30.3 Å². The van der Waals surface area contributed by atoms with Gasteiger partial charge in [-0.2, -0.15) is 5.26 Å². The highest BCUT2D eigenvalue weighted by atomic mass is 127. The first-order valence-electron chi connectivity index (χ1n) is 5.97.